The van der Waals surface area contributed by atoms with Crippen molar-refractivity contribution in [2.45, 2.75) is 13.5 Å². The lowest BCUT2D eigenvalue weighted by Gasteiger charge is -2.10. The molecule has 0 aliphatic heterocycles. The lowest BCUT2D eigenvalue weighted by molar-refractivity contribution is -0.124. The monoisotopic (exact) mass is 444 g/mol. The molecule has 3 aromatic rings. The van der Waals surface area contributed by atoms with Gasteiger partial charge in [-0.25, -0.2) is 4.68 Å². The van der Waals surface area contributed by atoms with Crippen LogP contribution in [0.15, 0.2) is 56.5 Å². The van der Waals surface area contributed by atoms with Gasteiger partial charge in [-0.05, 0) is 42.8 Å². The van der Waals surface area contributed by atoms with Crippen LogP contribution in [0.3, 0.4) is 0 Å². The molecule has 1 heterocycles. The number of rotatable bonds is 5. The van der Waals surface area contributed by atoms with E-state index in [1.165, 1.54) is 12.1 Å². The molecule has 1 aromatic heterocycles. The van der Waals surface area contributed by atoms with Crippen LogP contribution < -0.4 is 21.8 Å². The van der Waals surface area contributed by atoms with Gasteiger partial charge in [-0.15, -0.1) is 0 Å². The predicted octanol–water partition coefficient (Wildman–Crippen LogP) is 1.52. The van der Waals surface area contributed by atoms with E-state index in [1.54, 1.807) is 24.3 Å². The molecular weight excluding hydrogens is 428 g/mol. The number of halogens is 1. The fourth-order valence-electron chi connectivity index (χ4n) is 2.70. The van der Waals surface area contributed by atoms with Crippen LogP contribution in [0.5, 0.6) is 0 Å². The number of amides is 2. The van der Waals surface area contributed by atoms with E-state index in [4.69, 9.17) is 0 Å². The van der Waals surface area contributed by atoms with Gasteiger partial charge in [0, 0.05) is 10.2 Å². The number of aromatic amines is 1. The minimum atomic E-state index is -0.573. The van der Waals surface area contributed by atoms with E-state index in [0.717, 1.165) is 14.7 Å². The van der Waals surface area contributed by atoms with E-state index in [9.17, 15) is 19.2 Å². The predicted molar refractivity (Wildman–Crippen MR) is 109 cm³/mol. The van der Waals surface area contributed by atoms with Crippen molar-refractivity contribution in [2.75, 3.05) is 11.9 Å². The molecule has 28 heavy (non-hydrogen) atoms. The maximum Gasteiger partial charge on any atom is 0.273 e. The number of H-pyrrole nitrogens is 1. The Morgan fingerprint density at radius 3 is 2.50 bits per heavy atom. The van der Waals surface area contributed by atoms with Gasteiger partial charge in [0.2, 0.25) is 11.8 Å². The fourth-order valence-corrected chi connectivity index (χ4v) is 3.17. The second-order valence-corrected chi connectivity index (χ2v) is 7.08. The summed E-state index contributed by atoms with van der Waals surface area (Å²) < 4.78 is 1.82. The Kier molecular flexibility index (Phi) is 5.74. The average molecular weight is 445 g/mol. The van der Waals surface area contributed by atoms with Gasteiger partial charge in [0.05, 0.1) is 17.3 Å². The molecule has 0 radical (unpaired) electrons. The molecule has 0 aliphatic carbocycles. The number of aromatic nitrogens is 2. The van der Waals surface area contributed by atoms with E-state index in [1.807, 2.05) is 13.0 Å². The molecule has 0 spiro atoms. The summed E-state index contributed by atoms with van der Waals surface area (Å²) in [6.45, 7) is 1.19. The Morgan fingerprint density at radius 1 is 1.07 bits per heavy atom. The molecule has 8 nitrogen and oxygen atoms in total. The van der Waals surface area contributed by atoms with E-state index in [2.05, 4.69) is 31.7 Å². The van der Waals surface area contributed by atoms with Crippen LogP contribution in [0.1, 0.15) is 5.56 Å². The number of hydrogen-bond acceptors (Lipinski definition) is 4. The zero-order chi connectivity index (χ0) is 20.3. The highest BCUT2D eigenvalue weighted by atomic mass is 79.9. The number of anilines is 1. The van der Waals surface area contributed by atoms with Crippen LogP contribution in [-0.2, 0) is 16.1 Å². The standard InChI is InChI=1S/C19H17BrN4O4/c1-11-8-12(20)6-7-15(11)22-16(25)9-21-17(26)10-24-19(28)14-5-3-2-4-13(14)18(27)23-24/h2-8H,9-10H2,1H3,(H,21,26)(H,22,25)(H,23,27). The third-order valence-electron chi connectivity index (χ3n) is 4.09. The van der Waals surface area contributed by atoms with Crippen molar-refractivity contribution in [3.05, 3.63) is 73.2 Å². The van der Waals surface area contributed by atoms with Crippen LogP contribution in [0.4, 0.5) is 5.69 Å². The van der Waals surface area contributed by atoms with Crippen molar-refractivity contribution in [1.29, 1.82) is 0 Å². The molecule has 0 atom stereocenters. The van der Waals surface area contributed by atoms with Gasteiger partial charge in [0.15, 0.2) is 0 Å². The van der Waals surface area contributed by atoms with Gasteiger partial charge >= 0.3 is 0 Å². The third kappa shape index (κ3) is 4.37. The minimum Gasteiger partial charge on any atom is -0.345 e. The van der Waals surface area contributed by atoms with Crippen molar-refractivity contribution in [1.82, 2.24) is 15.1 Å². The first-order valence-corrected chi connectivity index (χ1v) is 9.19. The quantitative estimate of drug-likeness (QED) is 0.553. The number of aryl methyl sites for hydroxylation is 1. The summed E-state index contributed by atoms with van der Waals surface area (Å²) in [5.74, 6) is -0.978. The highest BCUT2D eigenvalue weighted by Gasteiger charge is 2.11. The number of nitrogens with one attached hydrogen (secondary N) is 3. The molecule has 3 rings (SSSR count). The summed E-state index contributed by atoms with van der Waals surface area (Å²) in [7, 11) is 0. The molecule has 0 saturated carbocycles. The molecule has 0 saturated heterocycles. The maximum atomic E-state index is 12.4. The molecule has 144 valence electrons. The Morgan fingerprint density at radius 2 is 1.79 bits per heavy atom. The first-order valence-electron chi connectivity index (χ1n) is 8.39. The number of nitrogens with zero attached hydrogens (tertiary/aromatic N) is 1. The molecule has 2 amide bonds. The smallest absolute Gasteiger partial charge is 0.273 e. The van der Waals surface area contributed by atoms with Gasteiger partial charge in [-0.1, -0.05) is 28.1 Å². The van der Waals surface area contributed by atoms with E-state index >= 15 is 0 Å². The number of benzene rings is 2. The molecule has 9 heteroatoms. The zero-order valence-corrected chi connectivity index (χ0v) is 16.5. The molecule has 0 aliphatic rings. The maximum absolute atomic E-state index is 12.4. The van der Waals surface area contributed by atoms with Crippen molar-refractivity contribution in [3.63, 3.8) is 0 Å². The first-order chi connectivity index (χ1) is 13.3. The topological polar surface area (TPSA) is 113 Å². The van der Waals surface area contributed by atoms with Crippen molar-refractivity contribution < 1.29 is 9.59 Å². The van der Waals surface area contributed by atoms with Crippen LogP contribution in [-0.4, -0.2) is 28.1 Å². The van der Waals surface area contributed by atoms with Crippen LogP contribution in [0.2, 0.25) is 0 Å². The Balaban J connectivity index is 1.64. The number of carbonyl (C=O) groups is 2. The Hall–Kier alpha value is -3.20. The number of hydrogen-bond donors (Lipinski definition) is 3. The minimum absolute atomic E-state index is 0.225. The van der Waals surface area contributed by atoms with Crippen molar-refractivity contribution in [2.24, 2.45) is 0 Å². The Bertz CT molecular complexity index is 1180. The lowest BCUT2D eigenvalue weighted by atomic mass is 10.2. The zero-order valence-electron chi connectivity index (χ0n) is 14.9. The number of fused-ring (bicyclic) bond motifs is 1. The van der Waals surface area contributed by atoms with E-state index in [0.29, 0.717) is 5.69 Å². The van der Waals surface area contributed by atoms with E-state index in [-0.39, 0.29) is 17.3 Å². The summed E-state index contributed by atoms with van der Waals surface area (Å²) >= 11 is 3.35. The Labute approximate surface area is 167 Å². The van der Waals surface area contributed by atoms with Gasteiger partial charge in [0.25, 0.3) is 11.1 Å². The SMILES string of the molecule is Cc1cc(Br)ccc1NC(=O)CNC(=O)Cn1[nH]c(=O)c2ccccc2c1=O. The largest absolute Gasteiger partial charge is 0.345 e. The van der Waals surface area contributed by atoms with Crippen molar-refractivity contribution in [3.8, 4) is 0 Å². The molecular formula is C19H17BrN4O4. The third-order valence-corrected chi connectivity index (χ3v) is 4.59. The summed E-state index contributed by atoms with van der Waals surface area (Å²) in [6.07, 6.45) is 0. The van der Waals surface area contributed by atoms with Gasteiger partial charge in [-0.2, -0.15) is 0 Å². The van der Waals surface area contributed by atoms with Gasteiger partial charge in [0.1, 0.15) is 6.54 Å². The average Bonchev–Trinajstić information content (AvgIpc) is 2.66. The summed E-state index contributed by atoms with van der Waals surface area (Å²) in [5, 5.41) is 7.99. The van der Waals surface area contributed by atoms with Crippen molar-refractivity contribution >= 4 is 44.2 Å². The van der Waals surface area contributed by atoms with Crippen LogP contribution >= 0.6 is 15.9 Å². The molecule has 0 fully saturated rings. The first kappa shape index (κ1) is 19.6. The summed E-state index contributed by atoms with van der Waals surface area (Å²) in [5.41, 5.74) is 0.554. The van der Waals surface area contributed by atoms with Gasteiger partial charge in [-0.3, -0.25) is 24.3 Å². The normalized spacial score (nSPS) is 10.6. The summed E-state index contributed by atoms with van der Waals surface area (Å²) in [4.78, 5) is 48.6. The van der Waals surface area contributed by atoms with E-state index < -0.39 is 29.5 Å². The highest BCUT2D eigenvalue weighted by Crippen LogP contribution is 2.19. The second kappa shape index (κ2) is 8.22. The molecule has 0 unspecified atom stereocenters. The molecule has 2 aromatic carbocycles. The highest BCUT2D eigenvalue weighted by molar-refractivity contribution is 9.10. The van der Waals surface area contributed by atoms with Crippen LogP contribution in [0.25, 0.3) is 10.8 Å². The molecule has 0 bridgehead atoms. The second-order valence-electron chi connectivity index (χ2n) is 6.16. The van der Waals surface area contributed by atoms with Crippen LogP contribution in [0, 0.1) is 6.92 Å². The lowest BCUT2D eigenvalue weighted by Crippen LogP contribution is -2.39. The summed E-state index contributed by atoms with van der Waals surface area (Å²) in [6, 6.07) is 11.8. The molecule has 3 N–H and O–H groups in total. The fraction of sp³-hybridized carbons (Fsp3) is 0.158. The van der Waals surface area contributed by atoms with Gasteiger partial charge < -0.3 is 10.6 Å². The number of carbonyl (C=O) groups excluding carboxylic acids is 2.